The number of rotatable bonds is 3. The molecule has 18 heavy (non-hydrogen) atoms. The molecule has 96 valence electrons. The van der Waals surface area contributed by atoms with Crippen molar-refractivity contribution < 1.29 is 0 Å². The molecular formula is C14H18BrN3. The Morgan fingerprint density at radius 3 is 2.28 bits per heavy atom. The topological polar surface area (TPSA) is 54.7 Å². The van der Waals surface area contributed by atoms with Gasteiger partial charge in [0.2, 0.25) is 0 Å². The quantitative estimate of drug-likeness (QED) is 0.912. The van der Waals surface area contributed by atoms with Crippen LogP contribution in [-0.4, -0.2) is 9.97 Å². The highest BCUT2D eigenvalue weighted by Gasteiger charge is 2.08. The van der Waals surface area contributed by atoms with Crippen LogP contribution in [-0.2, 0) is 12.8 Å². The molecule has 0 radical (unpaired) electrons. The van der Waals surface area contributed by atoms with E-state index in [0.717, 1.165) is 23.1 Å². The molecule has 2 aromatic rings. The highest BCUT2D eigenvalue weighted by Crippen LogP contribution is 2.21. The number of aromatic amines is 1. The second-order valence-corrected chi connectivity index (χ2v) is 5.52. The Hall–Kier alpha value is -1.29. The van der Waals surface area contributed by atoms with Crippen molar-refractivity contribution in [2.75, 3.05) is 5.73 Å². The minimum absolute atomic E-state index is 0.467. The third-order valence-corrected chi connectivity index (χ3v) is 3.87. The summed E-state index contributed by atoms with van der Waals surface area (Å²) in [6, 6.07) is 4.47. The van der Waals surface area contributed by atoms with Gasteiger partial charge < -0.3 is 10.7 Å². The number of nitrogen functional groups attached to an aromatic ring is 1. The zero-order valence-electron chi connectivity index (χ0n) is 11.0. The minimum atomic E-state index is 0.467. The largest absolute Gasteiger partial charge is 0.369 e. The molecule has 0 bridgehead atoms. The van der Waals surface area contributed by atoms with Crippen molar-refractivity contribution in [1.82, 2.24) is 9.97 Å². The van der Waals surface area contributed by atoms with Crippen LogP contribution in [0.1, 0.15) is 27.9 Å². The van der Waals surface area contributed by atoms with E-state index in [9.17, 15) is 0 Å². The van der Waals surface area contributed by atoms with E-state index < -0.39 is 0 Å². The van der Waals surface area contributed by atoms with Crippen molar-refractivity contribution in [3.8, 4) is 0 Å². The predicted octanol–water partition coefficient (Wildman–Crippen LogP) is 3.46. The van der Waals surface area contributed by atoms with E-state index in [2.05, 4.69) is 58.8 Å². The van der Waals surface area contributed by atoms with E-state index in [0.29, 0.717) is 5.95 Å². The molecule has 1 aromatic carbocycles. The highest BCUT2D eigenvalue weighted by atomic mass is 79.9. The van der Waals surface area contributed by atoms with Crippen LogP contribution in [0.3, 0.4) is 0 Å². The summed E-state index contributed by atoms with van der Waals surface area (Å²) < 4.78 is 0.822. The predicted molar refractivity (Wildman–Crippen MR) is 78.8 cm³/mol. The lowest BCUT2D eigenvalue weighted by Crippen LogP contribution is -1.99. The lowest BCUT2D eigenvalue weighted by atomic mass is 9.96. The summed E-state index contributed by atoms with van der Waals surface area (Å²) in [6.07, 6.45) is 1.91. The van der Waals surface area contributed by atoms with Gasteiger partial charge in [-0.3, -0.25) is 0 Å². The normalized spacial score (nSPS) is 10.9. The number of hydrogen-bond donors (Lipinski definition) is 2. The van der Waals surface area contributed by atoms with E-state index in [1.807, 2.05) is 0 Å². The maximum absolute atomic E-state index is 5.63. The van der Waals surface area contributed by atoms with Crippen LogP contribution in [0, 0.1) is 20.8 Å². The van der Waals surface area contributed by atoms with E-state index in [4.69, 9.17) is 5.73 Å². The van der Waals surface area contributed by atoms with Crippen molar-refractivity contribution in [2.24, 2.45) is 0 Å². The highest BCUT2D eigenvalue weighted by molar-refractivity contribution is 9.10. The molecule has 0 aliphatic heterocycles. The molecule has 0 atom stereocenters. The number of imidazole rings is 1. The van der Waals surface area contributed by atoms with E-state index in [1.54, 1.807) is 0 Å². The Labute approximate surface area is 116 Å². The third kappa shape index (κ3) is 2.75. The summed E-state index contributed by atoms with van der Waals surface area (Å²) in [4.78, 5) is 7.21. The van der Waals surface area contributed by atoms with E-state index in [-0.39, 0.29) is 0 Å². The molecule has 4 heteroatoms. The molecular weight excluding hydrogens is 290 g/mol. The summed E-state index contributed by atoms with van der Waals surface area (Å²) in [6.45, 7) is 6.48. The summed E-state index contributed by atoms with van der Waals surface area (Å²) >= 11 is 3.42. The first-order valence-corrected chi connectivity index (χ1v) is 6.83. The number of nitrogens with one attached hydrogen (secondary N) is 1. The number of H-pyrrole nitrogens is 1. The number of nitrogens with zero attached hydrogens (tertiary/aromatic N) is 1. The SMILES string of the molecule is Cc1cc(C)c(CCc2[nH]c(N)nc2Br)c(C)c1. The molecule has 0 aliphatic rings. The smallest absolute Gasteiger partial charge is 0.198 e. The lowest BCUT2D eigenvalue weighted by Gasteiger charge is -2.10. The average Bonchev–Trinajstić information content (AvgIpc) is 2.55. The first-order valence-electron chi connectivity index (χ1n) is 6.04. The van der Waals surface area contributed by atoms with Crippen LogP contribution in [0.15, 0.2) is 16.7 Å². The average molecular weight is 308 g/mol. The standard InChI is InChI=1S/C14H18BrN3/c1-8-6-9(2)11(10(3)7-8)4-5-12-13(15)18-14(16)17-12/h6-7H,4-5H2,1-3H3,(H3,16,17,18). The van der Waals surface area contributed by atoms with Gasteiger partial charge in [-0.2, -0.15) is 0 Å². The van der Waals surface area contributed by atoms with Crippen molar-refractivity contribution in [3.05, 3.63) is 44.7 Å². The van der Waals surface area contributed by atoms with Crippen LogP contribution < -0.4 is 5.73 Å². The zero-order valence-corrected chi connectivity index (χ0v) is 12.6. The molecule has 0 saturated carbocycles. The van der Waals surface area contributed by atoms with Gasteiger partial charge in [-0.05, 0) is 66.2 Å². The summed E-state index contributed by atoms with van der Waals surface area (Å²) in [7, 11) is 0. The lowest BCUT2D eigenvalue weighted by molar-refractivity contribution is 0.902. The fraction of sp³-hybridized carbons (Fsp3) is 0.357. The Morgan fingerprint density at radius 1 is 1.17 bits per heavy atom. The number of halogens is 1. The van der Waals surface area contributed by atoms with Crippen molar-refractivity contribution >= 4 is 21.9 Å². The molecule has 1 heterocycles. The molecule has 0 saturated heterocycles. The Kier molecular flexibility index (Phi) is 3.76. The summed E-state index contributed by atoms with van der Waals surface area (Å²) in [5.41, 5.74) is 12.1. The van der Waals surface area contributed by atoms with Gasteiger partial charge in [0.25, 0.3) is 0 Å². The van der Waals surface area contributed by atoms with Gasteiger partial charge in [0.1, 0.15) is 4.60 Å². The van der Waals surface area contributed by atoms with Crippen LogP contribution in [0.4, 0.5) is 5.95 Å². The maximum Gasteiger partial charge on any atom is 0.198 e. The van der Waals surface area contributed by atoms with Crippen molar-refractivity contribution in [1.29, 1.82) is 0 Å². The maximum atomic E-state index is 5.63. The number of aryl methyl sites for hydroxylation is 4. The molecule has 2 rings (SSSR count). The second kappa shape index (κ2) is 5.14. The van der Waals surface area contributed by atoms with E-state index >= 15 is 0 Å². The number of nitrogens with two attached hydrogens (primary N) is 1. The zero-order chi connectivity index (χ0) is 13.3. The molecule has 0 spiro atoms. The fourth-order valence-electron chi connectivity index (χ4n) is 2.43. The van der Waals surface area contributed by atoms with Gasteiger partial charge in [-0.15, -0.1) is 0 Å². The fourth-order valence-corrected chi connectivity index (χ4v) is 2.92. The number of benzene rings is 1. The summed E-state index contributed by atoms with van der Waals surface area (Å²) in [5.74, 6) is 0.467. The van der Waals surface area contributed by atoms with Gasteiger partial charge in [0.05, 0.1) is 5.69 Å². The van der Waals surface area contributed by atoms with Crippen molar-refractivity contribution in [3.63, 3.8) is 0 Å². The van der Waals surface area contributed by atoms with Crippen LogP contribution in [0.5, 0.6) is 0 Å². The number of hydrogen-bond acceptors (Lipinski definition) is 2. The van der Waals surface area contributed by atoms with Gasteiger partial charge in [0.15, 0.2) is 5.95 Å². The minimum Gasteiger partial charge on any atom is -0.369 e. The van der Waals surface area contributed by atoms with Crippen LogP contribution in [0.25, 0.3) is 0 Å². The van der Waals surface area contributed by atoms with E-state index in [1.165, 1.54) is 22.3 Å². The molecule has 0 unspecified atom stereocenters. The first kappa shape index (κ1) is 13.1. The van der Waals surface area contributed by atoms with Crippen LogP contribution in [0.2, 0.25) is 0 Å². The summed E-state index contributed by atoms with van der Waals surface area (Å²) in [5, 5.41) is 0. The van der Waals surface area contributed by atoms with Crippen molar-refractivity contribution in [2.45, 2.75) is 33.6 Å². The van der Waals surface area contributed by atoms with Gasteiger partial charge >= 0.3 is 0 Å². The Bertz CT molecular complexity index is 549. The molecule has 1 aromatic heterocycles. The third-order valence-electron chi connectivity index (χ3n) is 3.21. The first-order chi connectivity index (χ1) is 8.47. The monoisotopic (exact) mass is 307 g/mol. The Morgan fingerprint density at radius 2 is 1.78 bits per heavy atom. The molecule has 3 N–H and O–H groups in total. The molecule has 0 amide bonds. The molecule has 0 aliphatic carbocycles. The molecule has 0 fully saturated rings. The number of aromatic nitrogens is 2. The Balaban J connectivity index is 2.18. The van der Waals surface area contributed by atoms with Gasteiger partial charge in [-0.25, -0.2) is 4.98 Å². The van der Waals surface area contributed by atoms with Crippen LogP contribution >= 0.6 is 15.9 Å². The number of anilines is 1. The second-order valence-electron chi connectivity index (χ2n) is 4.77. The van der Waals surface area contributed by atoms with Gasteiger partial charge in [0, 0.05) is 0 Å². The van der Waals surface area contributed by atoms with Gasteiger partial charge in [-0.1, -0.05) is 17.7 Å². The molecule has 3 nitrogen and oxygen atoms in total.